The number of benzene rings is 2. The standard InChI is InChI=1S/C22H17N5OS/c23-20-18(22(28)24-13-15-9-6-12-29-15)19-21(27(20)14-7-2-1-3-8-14)26-17-11-5-4-10-16(17)25-19/h1-12H,13,23H2,(H,24,28). The van der Waals surface area contributed by atoms with Gasteiger partial charge in [0.05, 0.1) is 17.6 Å². The molecule has 0 saturated heterocycles. The molecule has 2 aromatic carbocycles. The second-order valence-corrected chi connectivity index (χ2v) is 7.61. The van der Waals surface area contributed by atoms with Crippen molar-refractivity contribution < 1.29 is 4.79 Å². The van der Waals surface area contributed by atoms with Crippen molar-refractivity contribution in [1.29, 1.82) is 0 Å². The number of carbonyl (C=O) groups is 1. The highest BCUT2D eigenvalue weighted by molar-refractivity contribution is 7.09. The first kappa shape index (κ1) is 17.4. The van der Waals surface area contributed by atoms with E-state index in [4.69, 9.17) is 15.7 Å². The van der Waals surface area contributed by atoms with Gasteiger partial charge in [-0.1, -0.05) is 36.4 Å². The van der Waals surface area contributed by atoms with Crippen LogP contribution in [0.4, 0.5) is 5.82 Å². The number of anilines is 1. The molecule has 5 rings (SSSR count). The van der Waals surface area contributed by atoms with E-state index in [1.165, 1.54) is 0 Å². The number of nitrogens with one attached hydrogen (secondary N) is 1. The maximum absolute atomic E-state index is 13.1. The number of hydrogen-bond acceptors (Lipinski definition) is 5. The Morgan fingerprint density at radius 1 is 0.966 bits per heavy atom. The van der Waals surface area contributed by atoms with Crippen LogP contribution in [0.2, 0.25) is 0 Å². The molecular weight excluding hydrogens is 382 g/mol. The molecule has 0 aliphatic heterocycles. The van der Waals surface area contributed by atoms with Gasteiger partial charge in [-0.05, 0) is 35.7 Å². The van der Waals surface area contributed by atoms with Crippen LogP contribution in [0.3, 0.4) is 0 Å². The van der Waals surface area contributed by atoms with Gasteiger partial charge in [-0.2, -0.15) is 0 Å². The van der Waals surface area contributed by atoms with Crippen molar-refractivity contribution in [3.8, 4) is 5.69 Å². The van der Waals surface area contributed by atoms with Gasteiger partial charge in [0, 0.05) is 10.6 Å². The Morgan fingerprint density at radius 2 is 1.69 bits per heavy atom. The summed E-state index contributed by atoms with van der Waals surface area (Å²) in [5.41, 5.74) is 10.2. The fourth-order valence-electron chi connectivity index (χ4n) is 3.39. The number of rotatable bonds is 4. The van der Waals surface area contributed by atoms with Crippen LogP contribution in [0, 0.1) is 0 Å². The van der Waals surface area contributed by atoms with Gasteiger partial charge in [0.2, 0.25) is 0 Å². The summed E-state index contributed by atoms with van der Waals surface area (Å²) in [6.45, 7) is 0.439. The zero-order valence-electron chi connectivity index (χ0n) is 15.4. The summed E-state index contributed by atoms with van der Waals surface area (Å²) >= 11 is 1.59. The number of nitrogens with zero attached hydrogens (tertiary/aromatic N) is 3. The predicted octanol–water partition coefficient (Wildman–Crippen LogP) is 4.15. The van der Waals surface area contributed by atoms with Crippen LogP contribution < -0.4 is 11.1 Å². The summed E-state index contributed by atoms with van der Waals surface area (Å²) in [6, 6.07) is 21.2. The molecule has 5 aromatic rings. The first-order valence-electron chi connectivity index (χ1n) is 9.15. The monoisotopic (exact) mass is 399 g/mol. The Bertz CT molecular complexity index is 1330. The SMILES string of the molecule is Nc1c(C(=O)NCc2cccs2)c2nc3ccccc3nc2n1-c1ccccc1. The fraction of sp³-hybridized carbons (Fsp3) is 0.0455. The molecular formula is C22H17N5OS. The third-order valence-electron chi connectivity index (χ3n) is 4.74. The zero-order valence-corrected chi connectivity index (χ0v) is 16.2. The highest BCUT2D eigenvalue weighted by atomic mass is 32.1. The third kappa shape index (κ3) is 3.01. The normalized spacial score (nSPS) is 11.2. The molecule has 0 bridgehead atoms. The predicted molar refractivity (Wildman–Crippen MR) is 116 cm³/mol. The van der Waals surface area contributed by atoms with Crippen LogP contribution in [-0.4, -0.2) is 20.4 Å². The quantitative estimate of drug-likeness (QED) is 0.475. The molecule has 0 radical (unpaired) electrons. The molecule has 6 nitrogen and oxygen atoms in total. The van der Waals surface area contributed by atoms with E-state index in [2.05, 4.69) is 5.32 Å². The Morgan fingerprint density at radius 3 is 2.41 bits per heavy atom. The summed E-state index contributed by atoms with van der Waals surface area (Å²) in [6.07, 6.45) is 0. The molecule has 3 heterocycles. The lowest BCUT2D eigenvalue weighted by atomic mass is 10.2. The molecule has 0 spiro atoms. The number of nitrogen functional groups attached to an aromatic ring is 1. The molecule has 0 aliphatic carbocycles. The van der Waals surface area contributed by atoms with Gasteiger partial charge >= 0.3 is 0 Å². The van der Waals surface area contributed by atoms with E-state index in [9.17, 15) is 4.79 Å². The Hall–Kier alpha value is -3.71. The van der Waals surface area contributed by atoms with Crippen LogP contribution in [0.5, 0.6) is 0 Å². The van der Waals surface area contributed by atoms with E-state index in [1.807, 2.05) is 72.1 Å². The van der Waals surface area contributed by atoms with Crippen molar-refractivity contribution in [3.05, 3.63) is 82.6 Å². The van der Waals surface area contributed by atoms with Gasteiger partial charge in [-0.15, -0.1) is 11.3 Å². The second kappa shape index (κ2) is 7.03. The third-order valence-corrected chi connectivity index (χ3v) is 5.62. The summed E-state index contributed by atoms with van der Waals surface area (Å²) in [4.78, 5) is 23.7. The van der Waals surface area contributed by atoms with Gasteiger partial charge in [0.15, 0.2) is 5.65 Å². The van der Waals surface area contributed by atoms with Crippen LogP contribution in [0.1, 0.15) is 15.2 Å². The van der Waals surface area contributed by atoms with Gasteiger partial charge in [-0.25, -0.2) is 9.97 Å². The van der Waals surface area contributed by atoms with Crippen LogP contribution in [0.25, 0.3) is 27.9 Å². The molecule has 3 N–H and O–H groups in total. The minimum atomic E-state index is -0.264. The highest BCUT2D eigenvalue weighted by Crippen LogP contribution is 2.30. The Balaban J connectivity index is 1.70. The Labute approximate surface area is 170 Å². The summed E-state index contributed by atoms with van der Waals surface area (Å²) in [5.74, 6) is 0.0605. The number of aromatic nitrogens is 3. The average Bonchev–Trinajstić information content (AvgIpc) is 3.36. The topological polar surface area (TPSA) is 85.8 Å². The molecule has 0 unspecified atom stereocenters. The molecule has 29 heavy (non-hydrogen) atoms. The van der Waals surface area contributed by atoms with Crippen LogP contribution in [0.15, 0.2) is 72.1 Å². The van der Waals surface area contributed by atoms with E-state index in [0.29, 0.717) is 29.1 Å². The second-order valence-electron chi connectivity index (χ2n) is 6.58. The van der Waals surface area contributed by atoms with Gasteiger partial charge in [0.1, 0.15) is 16.9 Å². The van der Waals surface area contributed by atoms with Crippen molar-refractivity contribution in [2.45, 2.75) is 6.54 Å². The fourth-order valence-corrected chi connectivity index (χ4v) is 4.04. The zero-order chi connectivity index (χ0) is 19.8. The van der Waals surface area contributed by atoms with E-state index in [0.717, 1.165) is 21.6 Å². The number of fused-ring (bicyclic) bond motifs is 2. The molecule has 0 fully saturated rings. The molecule has 1 amide bonds. The minimum Gasteiger partial charge on any atom is -0.384 e. The Kier molecular flexibility index (Phi) is 4.22. The first-order chi connectivity index (χ1) is 14.2. The minimum absolute atomic E-state index is 0.264. The van der Waals surface area contributed by atoms with Gasteiger partial charge in [-0.3, -0.25) is 9.36 Å². The summed E-state index contributed by atoms with van der Waals surface area (Å²) < 4.78 is 1.79. The molecule has 7 heteroatoms. The summed E-state index contributed by atoms with van der Waals surface area (Å²) in [7, 11) is 0. The molecule has 0 atom stereocenters. The smallest absolute Gasteiger partial charge is 0.257 e. The highest BCUT2D eigenvalue weighted by Gasteiger charge is 2.24. The van der Waals surface area contributed by atoms with Gasteiger partial charge < -0.3 is 11.1 Å². The number of hydrogen-bond donors (Lipinski definition) is 2. The molecule has 0 aliphatic rings. The lowest BCUT2D eigenvalue weighted by Crippen LogP contribution is -2.23. The lowest BCUT2D eigenvalue weighted by molar-refractivity contribution is 0.0953. The molecule has 0 saturated carbocycles. The van der Waals surface area contributed by atoms with Crippen molar-refractivity contribution in [2.75, 3.05) is 5.73 Å². The number of carbonyl (C=O) groups excluding carboxylic acids is 1. The largest absolute Gasteiger partial charge is 0.384 e. The number of amides is 1. The van der Waals surface area contributed by atoms with E-state index < -0.39 is 0 Å². The molecule has 142 valence electrons. The van der Waals surface area contributed by atoms with Crippen molar-refractivity contribution in [1.82, 2.24) is 19.9 Å². The lowest BCUT2D eigenvalue weighted by Gasteiger charge is -2.08. The van der Waals surface area contributed by atoms with Crippen LogP contribution in [-0.2, 0) is 6.54 Å². The molecule has 3 aromatic heterocycles. The van der Waals surface area contributed by atoms with Gasteiger partial charge in [0.25, 0.3) is 5.91 Å². The van der Waals surface area contributed by atoms with Crippen molar-refractivity contribution >= 4 is 45.3 Å². The van der Waals surface area contributed by atoms with Crippen molar-refractivity contribution in [3.63, 3.8) is 0 Å². The van der Waals surface area contributed by atoms with E-state index in [-0.39, 0.29) is 5.91 Å². The number of para-hydroxylation sites is 3. The number of thiophene rings is 1. The first-order valence-corrected chi connectivity index (χ1v) is 10.0. The van der Waals surface area contributed by atoms with Crippen molar-refractivity contribution in [2.24, 2.45) is 0 Å². The maximum atomic E-state index is 13.1. The average molecular weight is 399 g/mol. The number of nitrogens with two attached hydrogens (primary N) is 1. The summed E-state index contributed by atoms with van der Waals surface area (Å²) in [5, 5.41) is 4.94. The van der Waals surface area contributed by atoms with Crippen LogP contribution >= 0.6 is 11.3 Å². The van der Waals surface area contributed by atoms with E-state index in [1.54, 1.807) is 15.9 Å². The van der Waals surface area contributed by atoms with E-state index >= 15 is 0 Å². The maximum Gasteiger partial charge on any atom is 0.257 e.